The molecular formula is C15H21N3O. The third-order valence-electron chi connectivity index (χ3n) is 4.34. The van der Waals surface area contributed by atoms with E-state index in [-0.39, 0.29) is 11.4 Å². The highest BCUT2D eigenvalue weighted by Gasteiger charge is 2.31. The molecule has 0 aliphatic carbocycles. The van der Waals surface area contributed by atoms with Gasteiger partial charge in [-0.2, -0.15) is 0 Å². The first kappa shape index (κ1) is 12.6. The number of fused-ring (bicyclic) bond motifs is 1. The van der Waals surface area contributed by atoms with Crippen LogP contribution in [0.4, 0.5) is 5.69 Å². The maximum absolute atomic E-state index is 11.4. The summed E-state index contributed by atoms with van der Waals surface area (Å²) in [5.74, 6) is 0.104. The van der Waals surface area contributed by atoms with Crippen LogP contribution in [-0.2, 0) is 16.8 Å². The van der Waals surface area contributed by atoms with Crippen LogP contribution in [0, 0.1) is 0 Å². The van der Waals surface area contributed by atoms with Gasteiger partial charge in [-0.25, -0.2) is 0 Å². The third kappa shape index (κ3) is 2.26. The van der Waals surface area contributed by atoms with Crippen LogP contribution >= 0.6 is 0 Å². The van der Waals surface area contributed by atoms with E-state index in [9.17, 15) is 4.79 Å². The molecule has 1 aromatic carbocycles. The highest BCUT2D eigenvalue weighted by Crippen LogP contribution is 2.32. The van der Waals surface area contributed by atoms with Crippen LogP contribution in [0.2, 0.25) is 0 Å². The number of nitrogens with zero attached hydrogens (tertiary/aromatic N) is 1. The standard InChI is InChI=1S/C15H21N3O/c1-15(2,18-7-5-16-6-8-18)12-3-4-13-11(9-12)10-14(19)17-13/h3-4,9,16H,5-8,10H2,1-2H3,(H,17,19). The van der Waals surface area contributed by atoms with Crippen molar-refractivity contribution in [2.75, 3.05) is 31.5 Å². The lowest BCUT2D eigenvalue weighted by Crippen LogP contribution is -2.51. The molecule has 19 heavy (non-hydrogen) atoms. The average molecular weight is 259 g/mol. The lowest BCUT2D eigenvalue weighted by atomic mass is 9.90. The fourth-order valence-electron chi connectivity index (χ4n) is 3.02. The van der Waals surface area contributed by atoms with Gasteiger partial charge in [0.05, 0.1) is 6.42 Å². The Bertz CT molecular complexity index is 504. The molecule has 0 saturated carbocycles. The van der Waals surface area contributed by atoms with Crippen LogP contribution in [-0.4, -0.2) is 37.0 Å². The van der Waals surface area contributed by atoms with E-state index in [4.69, 9.17) is 0 Å². The number of benzene rings is 1. The molecule has 0 bridgehead atoms. The van der Waals surface area contributed by atoms with Crippen LogP contribution in [0.3, 0.4) is 0 Å². The van der Waals surface area contributed by atoms with Crippen LogP contribution in [0.15, 0.2) is 18.2 Å². The molecule has 2 aliphatic rings. The van der Waals surface area contributed by atoms with Crippen molar-refractivity contribution in [1.82, 2.24) is 10.2 Å². The van der Waals surface area contributed by atoms with E-state index in [2.05, 4.69) is 41.5 Å². The van der Waals surface area contributed by atoms with Gasteiger partial charge < -0.3 is 10.6 Å². The maximum Gasteiger partial charge on any atom is 0.228 e. The molecule has 2 N–H and O–H groups in total. The number of amides is 1. The Labute approximate surface area is 114 Å². The van der Waals surface area contributed by atoms with Gasteiger partial charge in [-0.3, -0.25) is 9.69 Å². The third-order valence-corrected chi connectivity index (χ3v) is 4.34. The summed E-state index contributed by atoms with van der Waals surface area (Å²) in [7, 11) is 0. The molecule has 2 heterocycles. The summed E-state index contributed by atoms with van der Waals surface area (Å²) in [4.78, 5) is 13.9. The molecule has 0 atom stereocenters. The summed E-state index contributed by atoms with van der Waals surface area (Å²) in [6.45, 7) is 8.78. The Kier molecular flexibility index (Phi) is 3.07. The Hall–Kier alpha value is -1.39. The normalized spacial score (nSPS) is 20.2. The first-order valence-corrected chi connectivity index (χ1v) is 6.96. The SMILES string of the molecule is CC(C)(c1ccc2c(c1)CC(=O)N2)N1CCNCC1. The molecule has 1 fully saturated rings. The largest absolute Gasteiger partial charge is 0.326 e. The van der Waals surface area contributed by atoms with Crippen LogP contribution in [0.5, 0.6) is 0 Å². The Morgan fingerprint density at radius 2 is 1.95 bits per heavy atom. The van der Waals surface area contributed by atoms with Crippen LogP contribution < -0.4 is 10.6 Å². The topological polar surface area (TPSA) is 44.4 Å². The van der Waals surface area contributed by atoms with Crippen molar-refractivity contribution in [3.63, 3.8) is 0 Å². The van der Waals surface area contributed by atoms with E-state index in [1.54, 1.807) is 0 Å². The summed E-state index contributed by atoms with van der Waals surface area (Å²) in [6.07, 6.45) is 0.515. The molecule has 2 aliphatic heterocycles. The number of anilines is 1. The lowest BCUT2D eigenvalue weighted by molar-refractivity contribution is -0.115. The molecule has 102 valence electrons. The zero-order valence-corrected chi connectivity index (χ0v) is 11.6. The summed E-state index contributed by atoms with van der Waals surface area (Å²) in [5.41, 5.74) is 3.42. The van der Waals surface area contributed by atoms with E-state index in [1.165, 1.54) is 5.56 Å². The minimum absolute atomic E-state index is 0.0166. The van der Waals surface area contributed by atoms with Gasteiger partial charge in [0.25, 0.3) is 0 Å². The molecule has 1 amide bonds. The monoisotopic (exact) mass is 259 g/mol. The van der Waals surface area contributed by atoms with E-state index < -0.39 is 0 Å². The van der Waals surface area contributed by atoms with E-state index in [0.29, 0.717) is 6.42 Å². The van der Waals surface area contributed by atoms with Crippen molar-refractivity contribution in [3.05, 3.63) is 29.3 Å². The van der Waals surface area contributed by atoms with E-state index in [0.717, 1.165) is 37.4 Å². The number of carbonyl (C=O) groups is 1. The van der Waals surface area contributed by atoms with Crippen LogP contribution in [0.25, 0.3) is 0 Å². The van der Waals surface area contributed by atoms with Gasteiger partial charge in [0.2, 0.25) is 5.91 Å². The van der Waals surface area contributed by atoms with Gasteiger partial charge in [-0.1, -0.05) is 12.1 Å². The van der Waals surface area contributed by atoms with Gasteiger partial charge in [0, 0.05) is 37.4 Å². The number of nitrogens with one attached hydrogen (secondary N) is 2. The number of hydrogen-bond donors (Lipinski definition) is 2. The summed E-state index contributed by atoms with van der Waals surface area (Å²) in [5, 5.41) is 6.28. The molecule has 0 unspecified atom stereocenters. The van der Waals surface area contributed by atoms with E-state index >= 15 is 0 Å². The minimum Gasteiger partial charge on any atom is -0.326 e. The fourth-order valence-corrected chi connectivity index (χ4v) is 3.02. The molecule has 4 nitrogen and oxygen atoms in total. The van der Waals surface area contributed by atoms with Gasteiger partial charge in [-0.05, 0) is 31.0 Å². The van der Waals surface area contributed by atoms with Crippen molar-refractivity contribution in [2.24, 2.45) is 0 Å². The van der Waals surface area contributed by atoms with Gasteiger partial charge in [0.1, 0.15) is 0 Å². The number of piperazine rings is 1. The zero-order valence-electron chi connectivity index (χ0n) is 11.6. The van der Waals surface area contributed by atoms with Crippen molar-refractivity contribution in [2.45, 2.75) is 25.8 Å². The second kappa shape index (κ2) is 4.62. The number of rotatable bonds is 2. The minimum atomic E-state index is 0.0166. The first-order valence-electron chi connectivity index (χ1n) is 6.96. The molecular weight excluding hydrogens is 238 g/mol. The Morgan fingerprint density at radius 1 is 1.21 bits per heavy atom. The quantitative estimate of drug-likeness (QED) is 0.842. The smallest absolute Gasteiger partial charge is 0.228 e. The Balaban J connectivity index is 1.88. The van der Waals surface area contributed by atoms with Gasteiger partial charge in [0.15, 0.2) is 0 Å². The van der Waals surface area contributed by atoms with Crippen LogP contribution in [0.1, 0.15) is 25.0 Å². The number of carbonyl (C=O) groups excluding carboxylic acids is 1. The highest BCUT2D eigenvalue weighted by molar-refractivity contribution is 5.99. The highest BCUT2D eigenvalue weighted by atomic mass is 16.1. The average Bonchev–Trinajstić information content (AvgIpc) is 2.78. The molecule has 1 saturated heterocycles. The summed E-state index contributed by atoms with van der Waals surface area (Å²) in [6, 6.07) is 6.38. The second-order valence-electron chi connectivity index (χ2n) is 5.89. The van der Waals surface area contributed by atoms with Crippen molar-refractivity contribution in [1.29, 1.82) is 0 Å². The van der Waals surface area contributed by atoms with Crippen molar-refractivity contribution < 1.29 is 4.79 Å². The zero-order chi connectivity index (χ0) is 13.5. The molecule has 1 aromatic rings. The van der Waals surface area contributed by atoms with Gasteiger partial charge >= 0.3 is 0 Å². The molecule has 0 aromatic heterocycles. The van der Waals surface area contributed by atoms with Crippen molar-refractivity contribution >= 4 is 11.6 Å². The fraction of sp³-hybridized carbons (Fsp3) is 0.533. The predicted molar refractivity (Wildman–Crippen MR) is 76.2 cm³/mol. The molecule has 0 radical (unpaired) electrons. The van der Waals surface area contributed by atoms with Crippen molar-refractivity contribution in [3.8, 4) is 0 Å². The molecule has 0 spiro atoms. The maximum atomic E-state index is 11.4. The van der Waals surface area contributed by atoms with E-state index in [1.807, 2.05) is 6.07 Å². The second-order valence-corrected chi connectivity index (χ2v) is 5.89. The lowest BCUT2D eigenvalue weighted by Gasteiger charge is -2.41. The van der Waals surface area contributed by atoms with Gasteiger partial charge in [-0.15, -0.1) is 0 Å². The molecule has 4 heteroatoms. The summed E-state index contributed by atoms with van der Waals surface area (Å²) < 4.78 is 0. The Morgan fingerprint density at radius 3 is 2.68 bits per heavy atom. The predicted octanol–water partition coefficient (Wildman–Crippen LogP) is 1.32. The summed E-state index contributed by atoms with van der Waals surface area (Å²) >= 11 is 0. The molecule has 3 rings (SSSR count). The first-order chi connectivity index (χ1) is 9.07. The number of hydrogen-bond acceptors (Lipinski definition) is 3.